The molecule has 2 N–H and O–H groups in total. The summed E-state index contributed by atoms with van der Waals surface area (Å²) in [6.45, 7) is 2.60. The summed E-state index contributed by atoms with van der Waals surface area (Å²) in [6.07, 6.45) is 1.47. The van der Waals surface area contributed by atoms with Gasteiger partial charge in [0.15, 0.2) is 0 Å². The molecule has 1 amide bonds. The third-order valence-electron chi connectivity index (χ3n) is 3.15. The van der Waals surface area contributed by atoms with Gasteiger partial charge in [0.2, 0.25) is 0 Å². The summed E-state index contributed by atoms with van der Waals surface area (Å²) in [6, 6.07) is 7.56. The summed E-state index contributed by atoms with van der Waals surface area (Å²) in [7, 11) is 0. The zero-order valence-corrected chi connectivity index (χ0v) is 9.44. The molecule has 0 unspecified atom stereocenters. The van der Waals surface area contributed by atoms with Gasteiger partial charge in [-0.15, -0.1) is 0 Å². The molecule has 0 aliphatic heterocycles. The minimum absolute atomic E-state index is 0.0144. The normalized spacial score (nSPS) is 23.6. The van der Waals surface area contributed by atoms with Gasteiger partial charge >= 0.3 is 0 Å². The van der Waals surface area contributed by atoms with Gasteiger partial charge in [-0.3, -0.25) is 4.79 Å². The molecule has 0 heterocycles. The molecule has 3 nitrogen and oxygen atoms in total. The lowest BCUT2D eigenvalue weighted by Gasteiger charge is -2.31. The van der Waals surface area contributed by atoms with Gasteiger partial charge in [0, 0.05) is 12.1 Å². The number of amides is 1. The van der Waals surface area contributed by atoms with Crippen LogP contribution in [0.4, 0.5) is 0 Å². The summed E-state index contributed by atoms with van der Waals surface area (Å²) in [4.78, 5) is 11.8. The molecule has 0 aromatic heterocycles. The highest BCUT2D eigenvalue weighted by Gasteiger charge is 2.27. The number of nitrogens with one attached hydrogen (secondary N) is 1. The summed E-state index contributed by atoms with van der Waals surface area (Å²) in [5, 5.41) is 12.0. The van der Waals surface area contributed by atoms with Crippen LogP contribution in [0.15, 0.2) is 24.3 Å². The number of hydrogen-bond acceptors (Lipinski definition) is 2. The van der Waals surface area contributed by atoms with Crippen molar-refractivity contribution in [3.63, 3.8) is 0 Å². The molecule has 1 aromatic carbocycles. The number of hydrogen-bond donors (Lipinski definition) is 2. The van der Waals surface area contributed by atoms with Crippen LogP contribution in [0.1, 0.15) is 28.8 Å². The van der Waals surface area contributed by atoms with Crippen molar-refractivity contribution in [2.45, 2.75) is 25.9 Å². The Balaban J connectivity index is 1.86. The highest BCUT2D eigenvalue weighted by Crippen LogP contribution is 2.26. The Kier molecular flexibility index (Phi) is 3.25. The van der Waals surface area contributed by atoms with Crippen molar-refractivity contribution in [1.82, 2.24) is 5.32 Å². The van der Waals surface area contributed by atoms with E-state index in [1.165, 1.54) is 0 Å². The topological polar surface area (TPSA) is 49.3 Å². The average molecular weight is 219 g/mol. The van der Waals surface area contributed by atoms with Gasteiger partial charge in [-0.1, -0.05) is 18.2 Å². The van der Waals surface area contributed by atoms with Crippen molar-refractivity contribution in [2.75, 3.05) is 6.54 Å². The highest BCUT2D eigenvalue weighted by atomic mass is 16.3. The largest absolute Gasteiger partial charge is 0.393 e. The van der Waals surface area contributed by atoms with E-state index >= 15 is 0 Å². The van der Waals surface area contributed by atoms with Gasteiger partial charge in [-0.25, -0.2) is 0 Å². The average Bonchev–Trinajstić information content (AvgIpc) is 2.23. The monoisotopic (exact) mass is 219 g/mol. The molecule has 1 saturated carbocycles. The van der Waals surface area contributed by atoms with E-state index < -0.39 is 0 Å². The van der Waals surface area contributed by atoms with Gasteiger partial charge in [0.05, 0.1) is 6.10 Å². The van der Waals surface area contributed by atoms with Crippen LogP contribution in [0.25, 0.3) is 0 Å². The molecule has 16 heavy (non-hydrogen) atoms. The zero-order chi connectivity index (χ0) is 11.5. The third-order valence-corrected chi connectivity index (χ3v) is 3.15. The van der Waals surface area contributed by atoms with Gasteiger partial charge in [0.25, 0.3) is 5.91 Å². The van der Waals surface area contributed by atoms with Crippen molar-refractivity contribution in [2.24, 2.45) is 5.92 Å². The fourth-order valence-corrected chi connectivity index (χ4v) is 2.03. The lowest BCUT2D eigenvalue weighted by atomic mass is 9.82. The molecule has 0 atom stereocenters. The van der Waals surface area contributed by atoms with Crippen LogP contribution in [0.2, 0.25) is 0 Å². The minimum atomic E-state index is -0.152. The fraction of sp³-hybridized carbons (Fsp3) is 0.462. The van der Waals surface area contributed by atoms with Crippen LogP contribution in [0.5, 0.6) is 0 Å². The maximum atomic E-state index is 11.8. The Hall–Kier alpha value is -1.35. The van der Waals surface area contributed by atoms with Crippen molar-refractivity contribution in [1.29, 1.82) is 0 Å². The molecule has 1 fully saturated rings. The van der Waals surface area contributed by atoms with E-state index in [4.69, 9.17) is 5.11 Å². The highest BCUT2D eigenvalue weighted by molar-refractivity contribution is 5.95. The summed E-state index contributed by atoms with van der Waals surface area (Å²) in [5.41, 5.74) is 1.73. The minimum Gasteiger partial charge on any atom is -0.393 e. The smallest absolute Gasteiger partial charge is 0.251 e. The Bertz CT molecular complexity index is 383. The third kappa shape index (κ3) is 2.42. The van der Waals surface area contributed by atoms with Gasteiger partial charge in [-0.05, 0) is 37.3 Å². The first-order valence-corrected chi connectivity index (χ1v) is 5.68. The fourth-order valence-electron chi connectivity index (χ4n) is 2.03. The number of aliphatic hydroxyl groups is 1. The molecule has 0 radical (unpaired) electrons. The number of aryl methyl sites for hydroxylation is 1. The van der Waals surface area contributed by atoms with E-state index in [0.29, 0.717) is 12.5 Å². The predicted molar refractivity (Wildman–Crippen MR) is 62.2 cm³/mol. The second-order valence-electron chi connectivity index (χ2n) is 4.52. The first kappa shape index (κ1) is 11.1. The number of carbonyl (C=O) groups excluding carboxylic acids is 1. The first-order chi connectivity index (χ1) is 7.66. The quantitative estimate of drug-likeness (QED) is 0.809. The van der Waals surface area contributed by atoms with Crippen LogP contribution >= 0.6 is 0 Å². The molecule has 2 rings (SSSR count). The first-order valence-electron chi connectivity index (χ1n) is 5.68. The van der Waals surface area contributed by atoms with Crippen LogP contribution in [0, 0.1) is 12.8 Å². The molecule has 1 aliphatic rings. The van der Waals surface area contributed by atoms with E-state index in [-0.39, 0.29) is 12.0 Å². The molecular weight excluding hydrogens is 202 g/mol. The molecule has 0 saturated heterocycles. The predicted octanol–water partition coefficient (Wildman–Crippen LogP) is 1.50. The van der Waals surface area contributed by atoms with Gasteiger partial charge in [-0.2, -0.15) is 0 Å². The second-order valence-corrected chi connectivity index (χ2v) is 4.52. The maximum Gasteiger partial charge on any atom is 0.251 e. The molecule has 0 spiro atoms. The molecule has 1 aromatic rings. The molecule has 0 bridgehead atoms. The molecule has 3 heteroatoms. The van der Waals surface area contributed by atoms with E-state index in [1.807, 2.05) is 31.2 Å². The maximum absolute atomic E-state index is 11.8. The zero-order valence-electron chi connectivity index (χ0n) is 9.44. The Morgan fingerprint density at radius 3 is 2.75 bits per heavy atom. The van der Waals surface area contributed by atoms with E-state index in [1.54, 1.807) is 0 Å². The summed E-state index contributed by atoms with van der Waals surface area (Å²) in [5.74, 6) is 0.433. The van der Waals surface area contributed by atoms with E-state index in [0.717, 1.165) is 24.0 Å². The summed E-state index contributed by atoms with van der Waals surface area (Å²) >= 11 is 0. The van der Waals surface area contributed by atoms with Crippen LogP contribution in [0.3, 0.4) is 0 Å². The van der Waals surface area contributed by atoms with E-state index in [9.17, 15) is 4.79 Å². The number of rotatable bonds is 3. The van der Waals surface area contributed by atoms with Crippen LogP contribution in [-0.2, 0) is 0 Å². The van der Waals surface area contributed by atoms with Crippen molar-refractivity contribution < 1.29 is 9.90 Å². The standard InChI is InChI=1S/C13H17NO2/c1-9-4-2-3-5-12(9)13(16)14-8-10-6-11(15)7-10/h2-5,10-11,15H,6-8H2,1H3,(H,14,16). The Morgan fingerprint density at radius 2 is 2.12 bits per heavy atom. The number of aliphatic hydroxyl groups excluding tert-OH is 1. The lowest BCUT2D eigenvalue weighted by Crippen LogP contribution is -2.38. The number of carbonyl (C=O) groups is 1. The van der Waals surface area contributed by atoms with Crippen LogP contribution < -0.4 is 5.32 Å². The number of benzene rings is 1. The van der Waals surface area contributed by atoms with Crippen molar-refractivity contribution in [3.05, 3.63) is 35.4 Å². The SMILES string of the molecule is Cc1ccccc1C(=O)NCC1CC(O)C1. The molecular formula is C13H17NO2. The van der Waals surface area contributed by atoms with E-state index in [2.05, 4.69) is 5.32 Å². The molecule has 86 valence electrons. The Labute approximate surface area is 95.5 Å². The molecule has 1 aliphatic carbocycles. The lowest BCUT2D eigenvalue weighted by molar-refractivity contribution is 0.0420. The van der Waals surface area contributed by atoms with Gasteiger partial charge in [0.1, 0.15) is 0 Å². The van der Waals surface area contributed by atoms with Crippen molar-refractivity contribution >= 4 is 5.91 Å². The van der Waals surface area contributed by atoms with Gasteiger partial charge < -0.3 is 10.4 Å². The van der Waals surface area contributed by atoms with Crippen molar-refractivity contribution in [3.8, 4) is 0 Å². The second kappa shape index (κ2) is 4.66. The Morgan fingerprint density at radius 1 is 1.44 bits per heavy atom. The van der Waals surface area contributed by atoms with Crippen LogP contribution in [-0.4, -0.2) is 23.7 Å². The summed E-state index contributed by atoms with van der Waals surface area (Å²) < 4.78 is 0.